The van der Waals surface area contributed by atoms with Crippen molar-refractivity contribution in [3.8, 4) is 0 Å². The summed E-state index contributed by atoms with van der Waals surface area (Å²) < 4.78 is 0. The maximum absolute atomic E-state index is 11.0. The monoisotopic (exact) mass is 193 g/mol. The molecule has 1 aliphatic heterocycles. The lowest BCUT2D eigenvalue weighted by atomic mass is 9.82. The lowest BCUT2D eigenvalue weighted by Gasteiger charge is -2.13. The fourth-order valence-electron chi connectivity index (χ4n) is 1.75. The highest BCUT2D eigenvalue weighted by molar-refractivity contribution is 6.56. The van der Waals surface area contributed by atoms with Crippen LogP contribution in [0.4, 0.5) is 0 Å². The van der Waals surface area contributed by atoms with Gasteiger partial charge < -0.3 is 5.11 Å². The van der Waals surface area contributed by atoms with Crippen molar-refractivity contribution in [2.45, 2.75) is 51.7 Å². The molecule has 0 saturated carbocycles. The van der Waals surface area contributed by atoms with E-state index in [9.17, 15) is 4.79 Å². The number of carboxylic acid groups (broad SMARTS) is 1. The molecule has 0 aromatic rings. The van der Waals surface area contributed by atoms with Crippen molar-refractivity contribution in [2.24, 2.45) is 0 Å². The topological polar surface area (TPSA) is 37.3 Å². The molecule has 14 heavy (non-hydrogen) atoms. The van der Waals surface area contributed by atoms with E-state index in [4.69, 9.17) is 5.11 Å². The van der Waals surface area contributed by atoms with Crippen LogP contribution >= 0.6 is 0 Å². The third kappa shape index (κ3) is 2.20. The summed E-state index contributed by atoms with van der Waals surface area (Å²) in [6.45, 7) is 8.19. The average molecular weight is 193 g/mol. The molecule has 2 atom stereocenters. The Morgan fingerprint density at radius 1 is 1.57 bits per heavy atom. The quantitative estimate of drug-likeness (QED) is 0.550. The Bertz CT molecular complexity index is 283. The van der Waals surface area contributed by atoms with Crippen molar-refractivity contribution < 1.29 is 9.90 Å². The Morgan fingerprint density at radius 3 is 2.36 bits per heavy atom. The van der Waals surface area contributed by atoms with Crippen LogP contribution in [0.5, 0.6) is 0 Å². The zero-order valence-corrected chi connectivity index (χ0v) is 9.42. The van der Waals surface area contributed by atoms with Crippen LogP contribution in [0.25, 0.3) is 0 Å². The van der Waals surface area contributed by atoms with E-state index >= 15 is 0 Å². The number of aliphatic carboxylic acids is 1. The molecule has 1 saturated heterocycles. The molecule has 1 N–H and O–H groups in total. The number of hydrogen-bond acceptors (Lipinski definition) is 1. The van der Waals surface area contributed by atoms with Crippen molar-refractivity contribution in [1.29, 1.82) is 0 Å². The summed E-state index contributed by atoms with van der Waals surface area (Å²) in [5.74, 6) is -0.195. The molecule has 1 rings (SSSR count). The summed E-state index contributed by atoms with van der Waals surface area (Å²) >= 11 is 0. The summed E-state index contributed by atoms with van der Waals surface area (Å²) in [5.41, 5.74) is 1.61. The molecular formula is C11H18BO2. The first-order chi connectivity index (χ1) is 6.40. The summed E-state index contributed by atoms with van der Waals surface area (Å²) in [7, 11) is 2.22. The molecule has 1 fully saturated rings. The van der Waals surface area contributed by atoms with E-state index in [1.807, 2.05) is 13.8 Å². The van der Waals surface area contributed by atoms with Gasteiger partial charge in [0.2, 0.25) is 0 Å². The first-order valence-electron chi connectivity index (χ1n) is 5.18. The molecule has 0 aromatic heterocycles. The molecule has 0 spiro atoms. The van der Waals surface area contributed by atoms with Crippen LogP contribution in [-0.4, -0.2) is 18.4 Å². The Balaban J connectivity index is 2.77. The summed E-state index contributed by atoms with van der Waals surface area (Å²) in [4.78, 5) is 11.0. The van der Waals surface area contributed by atoms with Gasteiger partial charge in [-0.2, -0.15) is 0 Å². The first kappa shape index (κ1) is 11.4. The second kappa shape index (κ2) is 3.80. The standard InChI is InChI=1S/C11H18BO2/c1-5-7(2)9(10(13)14)6-11(4)8(3)12-11/h8H,5-6H2,1-4H3,(H,13,14)/b9-7-. The number of carbonyl (C=O) groups is 1. The van der Waals surface area contributed by atoms with E-state index in [1.165, 1.54) is 0 Å². The average Bonchev–Trinajstić information content (AvgIpc) is 2.69. The third-order valence-electron chi connectivity index (χ3n) is 3.42. The van der Waals surface area contributed by atoms with Crippen molar-refractivity contribution in [1.82, 2.24) is 0 Å². The number of hydrogen-bond donors (Lipinski definition) is 1. The van der Waals surface area contributed by atoms with Gasteiger partial charge in [0.25, 0.3) is 0 Å². The van der Waals surface area contributed by atoms with E-state index < -0.39 is 5.97 Å². The lowest BCUT2D eigenvalue weighted by Crippen LogP contribution is -2.07. The summed E-state index contributed by atoms with van der Waals surface area (Å²) in [5, 5.41) is 9.21. The van der Waals surface area contributed by atoms with Crippen LogP contribution in [0.3, 0.4) is 0 Å². The molecule has 0 amide bonds. The second-order valence-electron chi connectivity index (χ2n) is 4.56. The Morgan fingerprint density at radius 2 is 2.07 bits per heavy atom. The van der Waals surface area contributed by atoms with Gasteiger partial charge in [0.1, 0.15) is 7.28 Å². The molecule has 0 aromatic carbocycles. The zero-order chi connectivity index (χ0) is 10.9. The summed E-state index contributed by atoms with van der Waals surface area (Å²) in [6.07, 6.45) is 1.51. The minimum absolute atomic E-state index is 0.129. The molecule has 1 heterocycles. The molecule has 77 valence electrons. The Hall–Kier alpha value is -0.725. The van der Waals surface area contributed by atoms with Crippen LogP contribution < -0.4 is 0 Å². The van der Waals surface area contributed by atoms with Crippen LogP contribution in [0.2, 0.25) is 11.1 Å². The molecule has 1 aliphatic rings. The second-order valence-corrected chi connectivity index (χ2v) is 4.56. The fraction of sp³-hybridized carbons (Fsp3) is 0.727. The van der Waals surface area contributed by atoms with Crippen molar-refractivity contribution in [2.75, 3.05) is 0 Å². The van der Waals surface area contributed by atoms with E-state index in [-0.39, 0.29) is 5.31 Å². The van der Waals surface area contributed by atoms with E-state index in [2.05, 4.69) is 21.1 Å². The Kier molecular flexibility index (Phi) is 3.08. The smallest absolute Gasteiger partial charge is 0.331 e. The van der Waals surface area contributed by atoms with Crippen LogP contribution in [0.15, 0.2) is 11.1 Å². The first-order valence-corrected chi connectivity index (χ1v) is 5.18. The molecule has 2 nitrogen and oxygen atoms in total. The highest BCUT2D eigenvalue weighted by atomic mass is 16.4. The predicted octanol–water partition coefficient (Wildman–Crippen LogP) is 2.89. The van der Waals surface area contributed by atoms with Crippen LogP contribution in [0, 0.1) is 0 Å². The van der Waals surface area contributed by atoms with Gasteiger partial charge in [0.15, 0.2) is 0 Å². The number of rotatable bonds is 4. The Labute approximate surface area is 86.6 Å². The lowest BCUT2D eigenvalue weighted by molar-refractivity contribution is -0.132. The normalized spacial score (nSPS) is 31.9. The predicted molar refractivity (Wildman–Crippen MR) is 58.8 cm³/mol. The minimum atomic E-state index is -0.752. The van der Waals surface area contributed by atoms with Crippen LogP contribution in [0.1, 0.15) is 40.5 Å². The van der Waals surface area contributed by atoms with E-state index in [0.717, 1.165) is 12.0 Å². The van der Waals surface area contributed by atoms with E-state index in [1.54, 1.807) is 0 Å². The van der Waals surface area contributed by atoms with Gasteiger partial charge in [-0.1, -0.05) is 37.5 Å². The summed E-state index contributed by atoms with van der Waals surface area (Å²) in [6, 6.07) is 0. The number of allylic oxidation sites excluding steroid dienone is 1. The maximum atomic E-state index is 11.0. The molecule has 0 bridgehead atoms. The maximum Gasteiger partial charge on any atom is 0.331 e. The fourth-order valence-corrected chi connectivity index (χ4v) is 1.75. The van der Waals surface area contributed by atoms with Gasteiger partial charge in [-0.05, 0) is 19.8 Å². The zero-order valence-electron chi connectivity index (χ0n) is 9.42. The molecule has 2 unspecified atom stereocenters. The minimum Gasteiger partial charge on any atom is -0.478 e. The van der Waals surface area contributed by atoms with Crippen molar-refractivity contribution >= 4 is 13.2 Å². The number of carboxylic acids is 1. The molecule has 1 radical (unpaired) electrons. The van der Waals surface area contributed by atoms with Gasteiger partial charge in [0, 0.05) is 5.57 Å². The highest BCUT2D eigenvalue weighted by Crippen LogP contribution is 2.60. The highest BCUT2D eigenvalue weighted by Gasteiger charge is 2.48. The van der Waals surface area contributed by atoms with Crippen molar-refractivity contribution in [3.05, 3.63) is 11.1 Å². The molecular weight excluding hydrogens is 175 g/mol. The third-order valence-corrected chi connectivity index (χ3v) is 3.42. The van der Waals surface area contributed by atoms with Crippen LogP contribution in [-0.2, 0) is 4.79 Å². The SMILES string of the molecule is CC/C(C)=C(/CC1(C)[B]C1C)C(=O)O. The van der Waals surface area contributed by atoms with Gasteiger partial charge >= 0.3 is 5.97 Å². The largest absolute Gasteiger partial charge is 0.478 e. The van der Waals surface area contributed by atoms with Gasteiger partial charge in [-0.25, -0.2) is 4.79 Å². The van der Waals surface area contributed by atoms with Gasteiger partial charge in [-0.15, -0.1) is 0 Å². The van der Waals surface area contributed by atoms with Gasteiger partial charge in [0.05, 0.1) is 0 Å². The molecule has 3 heteroatoms. The van der Waals surface area contributed by atoms with E-state index in [0.29, 0.717) is 17.8 Å². The van der Waals surface area contributed by atoms with Crippen molar-refractivity contribution in [3.63, 3.8) is 0 Å². The molecule has 0 aliphatic carbocycles. The van der Waals surface area contributed by atoms with Gasteiger partial charge in [-0.3, -0.25) is 0 Å².